The fraction of sp³-hybridized carbons (Fsp3) is 0.600. The largest absolute Gasteiger partial charge is 0.396 e. The molecule has 2 aliphatic heterocycles. The molecule has 4 nitrogen and oxygen atoms in total. The third kappa shape index (κ3) is 3.08. The molecule has 1 N–H and O–H groups in total. The van der Waals surface area contributed by atoms with E-state index < -0.39 is 11.6 Å². The number of benzene rings is 1. The van der Waals surface area contributed by atoms with Crippen LogP contribution in [0.25, 0.3) is 0 Å². The Morgan fingerprint density at radius 2 is 2.10 bits per heavy atom. The van der Waals surface area contributed by atoms with Crippen molar-refractivity contribution >= 4 is 0 Å². The van der Waals surface area contributed by atoms with Gasteiger partial charge in [0.2, 0.25) is 0 Å². The smallest absolute Gasteiger partial charge is 0.159 e. The molecule has 2 heterocycles. The molecular weight excluding hydrogens is 280 g/mol. The van der Waals surface area contributed by atoms with E-state index in [9.17, 15) is 13.9 Å². The second-order valence-corrected chi connectivity index (χ2v) is 5.92. The van der Waals surface area contributed by atoms with Gasteiger partial charge in [-0.2, -0.15) is 0 Å². The molecule has 1 unspecified atom stereocenters. The summed E-state index contributed by atoms with van der Waals surface area (Å²) < 4.78 is 37.2. The predicted molar refractivity (Wildman–Crippen MR) is 71.8 cm³/mol. The van der Waals surface area contributed by atoms with E-state index in [-0.39, 0.29) is 18.1 Å². The average Bonchev–Trinajstić information content (AvgIpc) is 2.46. The lowest BCUT2D eigenvalue weighted by Crippen LogP contribution is -2.55. The number of hydrogen-bond acceptors (Lipinski definition) is 4. The molecule has 0 radical (unpaired) electrons. The summed E-state index contributed by atoms with van der Waals surface area (Å²) in [6.07, 6.45) is -0.273. The maximum absolute atomic E-state index is 13.3. The fourth-order valence-corrected chi connectivity index (χ4v) is 2.86. The molecule has 2 aliphatic rings. The van der Waals surface area contributed by atoms with Crippen molar-refractivity contribution in [1.29, 1.82) is 0 Å². The van der Waals surface area contributed by atoms with Crippen molar-refractivity contribution in [1.82, 2.24) is 4.90 Å². The summed E-state index contributed by atoms with van der Waals surface area (Å²) in [6, 6.07) is 3.88. The lowest BCUT2D eigenvalue weighted by molar-refractivity contribution is -0.158. The van der Waals surface area contributed by atoms with E-state index in [2.05, 4.69) is 4.90 Å². The summed E-state index contributed by atoms with van der Waals surface area (Å²) >= 11 is 0. The van der Waals surface area contributed by atoms with Crippen LogP contribution in [-0.4, -0.2) is 56.1 Å². The number of halogens is 2. The summed E-state index contributed by atoms with van der Waals surface area (Å²) in [5.74, 6) is -1.70. The Hall–Kier alpha value is -1.08. The third-order valence-corrected chi connectivity index (χ3v) is 4.18. The van der Waals surface area contributed by atoms with Crippen molar-refractivity contribution < 1.29 is 23.4 Å². The molecule has 0 aromatic heterocycles. The normalized spacial score (nSPS) is 25.6. The lowest BCUT2D eigenvalue weighted by Gasteiger charge is -2.45. The molecule has 0 amide bonds. The molecule has 21 heavy (non-hydrogen) atoms. The summed E-state index contributed by atoms with van der Waals surface area (Å²) in [4.78, 5) is 2.19. The van der Waals surface area contributed by atoms with E-state index in [0.29, 0.717) is 31.9 Å². The van der Waals surface area contributed by atoms with Gasteiger partial charge in [0.1, 0.15) is 0 Å². The first-order valence-electron chi connectivity index (χ1n) is 7.09. The molecule has 0 bridgehead atoms. The zero-order valence-corrected chi connectivity index (χ0v) is 11.7. The summed E-state index contributed by atoms with van der Waals surface area (Å²) in [5, 5.41) is 9.49. The number of hydrogen-bond donors (Lipinski definition) is 1. The first kappa shape index (κ1) is 14.8. The van der Waals surface area contributed by atoms with Gasteiger partial charge >= 0.3 is 0 Å². The first-order chi connectivity index (χ1) is 10.1. The Balaban J connectivity index is 1.66. The van der Waals surface area contributed by atoms with Crippen LogP contribution in [0.2, 0.25) is 0 Å². The van der Waals surface area contributed by atoms with Crippen LogP contribution in [0.1, 0.15) is 11.7 Å². The van der Waals surface area contributed by atoms with E-state index in [1.54, 1.807) is 6.07 Å². The maximum Gasteiger partial charge on any atom is 0.159 e. The Labute approximate surface area is 122 Å². The molecule has 0 aliphatic carbocycles. The molecule has 1 atom stereocenters. The van der Waals surface area contributed by atoms with E-state index in [1.807, 2.05) is 0 Å². The predicted octanol–water partition coefficient (Wildman–Crippen LogP) is 1.35. The van der Waals surface area contributed by atoms with Gasteiger partial charge in [-0.1, -0.05) is 6.07 Å². The van der Waals surface area contributed by atoms with Crippen molar-refractivity contribution in [2.75, 3.05) is 46.1 Å². The molecule has 2 saturated heterocycles. The van der Waals surface area contributed by atoms with Crippen LogP contribution in [0.4, 0.5) is 8.78 Å². The molecule has 1 aromatic carbocycles. The number of morpholine rings is 1. The molecule has 2 fully saturated rings. The molecular formula is C15H19F2NO3. The van der Waals surface area contributed by atoms with Gasteiger partial charge < -0.3 is 14.6 Å². The topological polar surface area (TPSA) is 41.9 Å². The molecule has 116 valence electrons. The van der Waals surface area contributed by atoms with Crippen LogP contribution < -0.4 is 0 Å². The highest BCUT2D eigenvalue weighted by molar-refractivity contribution is 5.21. The van der Waals surface area contributed by atoms with Gasteiger partial charge in [-0.05, 0) is 17.7 Å². The van der Waals surface area contributed by atoms with Gasteiger partial charge in [0.05, 0.1) is 37.9 Å². The van der Waals surface area contributed by atoms with Crippen molar-refractivity contribution in [3.63, 3.8) is 0 Å². The van der Waals surface area contributed by atoms with Crippen molar-refractivity contribution in [2.45, 2.75) is 6.10 Å². The Morgan fingerprint density at radius 3 is 2.71 bits per heavy atom. The van der Waals surface area contributed by atoms with Gasteiger partial charge in [-0.15, -0.1) is 0 Å². The quantitative estimate of drug-likeness (QED) is 0.911. The molecule has 0 saturated carbocycles. The summed E-state index contributed by atoms with van der Waals surface area (Å²) in [7, 11) is 0. The second-order valence-electron chi connectivity index (χ2n) is 5.92. The molecule has 3 rings (SSSR count). The molecule has 1 aromatic rings. The van der Waals surface area contributed by atoms with Gasteiger partial charge in [-0.3, -0.25) is 4.90 Å². The SMILES string of the molecule is OCC1(CN2CCOC(c3ccc(F)c(F)c3)C2)COC1. The zero-order valence-electron chi connectivity index (χ0n) is 11.7. The lowest BCUT2D eigenvalue weighted by atomic mass is 9.86. The van der Waals surface area contributed by atoms with Gasteiger partial charge in [0.25, 0.3) is 0 Å². The van der Waals surface area contributed by atoms with Crippen LogP contribution in [0.3, 0.4) is 0 Å². The van der Waals surface area contributed by atoms with E-state index in [4.69, 9.17) is 9.47 Å². The number of rotatable bonds is 4. The highest BCUT2D eigenvalue weighted by Gasteiger charge is 2.40. The van der Waals surface area contributed by atoms with E-state index >= 15 is 0 Å². The van der Waals surface area contributed by atoms with Crippen molar-refractivity contribution in [3.05, 3.63) is 35.4 Å². The van der Waals surface area contributed by atoms with Crippen LogP contribution in [0.5, 0.6) is 0 Å². The summed E-state index contributed by atoms with van der Waals surface area (Å²) in [6.45, 7) is 3.86. The Kier molecular flexibility index (Phi) is 4.21. The highest BCUT2D eigenvalue weighted by atomic mass is 19.2. The number of aliphatic hydroxyl groups is 1. The minimum atomic E-state index is -0.854. The minimum absolute atomic E-state index is 0.0974. The summed E-state index contributed by atoms with van der Waals surface area (Å²) in [5.41, 5.74) is 0.456. The first-order valence-corrected chi connectivity index (χ1v) is 7.09. The van der Waals surface area contributed by atoms with Gasteiger partial charge in [0, 0.05) is 19.6 Å². The standard InChI is InChI=1S/C15H19F2NO3/c16-12-2-1-11(5-13(12)17)14-6-18(3-4-21-14)7-15(8-19)9-20-10-15/h1-2,5,14,19H,3-4,6-10H2. The highest BCUT2D eigenvalue weighted by Crippen LogP contribution is 2.31. The second kappa shape index (κ2) is 5.96. The average molecular weight is 299 g/mol. The number of nitrogens with zero attached hydrogens (tertiary/aromatic N) is 1. The van der Waals surface area contributed by atoms with Crippen LogP contribution in [0, 0.1) is 17.0 Å². The Morgan fingerprint density at radius 1 is 1.29 bits per heavy atom. The maximum atomic E-state index is 13.3. The van der Waals surface area contributed by atoms with Crippen molar-refractivity contribution in [2.24, 2.45) is 5.41 Å². The molecule has 6 heteroatoms. The van der Waals surface area contributed by atoms with E-state index in [1.165, 1.54) is 6.07 Å². The van der Waals surface area contributed by atoms with E-state index in [0.717, 1.165) is 19.2 Å². The fourth-order valence-electron chi connectivity index (χ4n) is 2.86. The van der Waals surface area contributed by atoms with Crippen molar-refractivity contribution in [3.8, 4) is 0 Å². The number of aliphatic hydroxyl groups excluding tert-OH is 1. The monoisotopic (exact) mass is 299 g/mol. The third-order valence-electron chi connectivity index (χ3n) is 4.18. The molecule has 0 spiro atoms. The van der Waals surface area contributed by atoms with Crippen LogP contribution >= 0.6 is 0 Å². The van der Waals surface area contributed by atoms with Crippen LogP contribution in [-0.2, 0) is 9.47 Å². The van der Waals surface area contributed by atoms with Gasteiger partial charge in [-0.25, -0.2) is 8.78 Å². The zero-order chi connectivity index (χ0) is 14.9. The Bertz CT molecular complexity index is 502. The minimum Gasteiger partial charge on any atom is -0.396 e. The van der Waals surface area contributed by atoms with Crippen LogP contribution in [0.15, 0.2) is 18.2 Å². The number of ether oxygens (including phenoxy) is 2. The van der Waals surface area contributed by atoms with Gasteiger partial charge in [0.15, 0.2) is 11.6 Å².